The summed E-state index contributed by atoms with van der Waals surface area (Å²) < 4.78 is 0. The van der Waals surface area contributed by atoms with E-state index in [4.69, 9.17) is 0 Å². The fourth-order valence-electron chi connectivity index (χ4n) is 2.48. The molecule has 3 N–H and O–H groups in total. The molecule has 0 saturated heterocycles. The molecule has 2 aromatic rings. The van der Waals surface area contributed by atoms with Crippen molar-refractivity contribution in [1.82, 2.24) is 20.5 Å². The number of fused-ring (bicyclic) bond motifs is 1. The largest absolute Gasteiger partial charge is 0.349 e. The summed E-state index contributed by atoms with van der Waals surface area (Å²) in [5.41, 5.74) is 1.77. The highest BCUT2D eigenvalue weighted by Gasteiger charge is 2.09. The average molecular weight is 343 g/mol. The predicted octanol–water partition coefficient (Wildman–Crippen LogP) is 2.06. The molecule has 0 bridgehead atoms. The Morgan fingerprint density at radius 3 is 2.56 bits per heavy atom. The molecule has 1 aromatic heterocycles. The van der Waals surface area contributed by atoms with E-state index in [1.807, 2.05) is 12.1 Å². The maximum atomic E-state index is 12.2. The van der Waals surface area contributed by atoms with E-state index >= 15 is 0 Å². The van der Waals surface area contributed by atoms with Gasteiger partial charge in [-0.1, -0.05) is 19.9 Å². The monoisotopic (exact) mass is 343 g/mol. The molecule has 0 aliphatic heterocycles. The summed E-state index contributed by atoms with van der Waals surface area (Å²) >= 11 is 0. The van der Waals surface area contributed by atoms with Crippen molar-refractivity contribution >= 4 is 28.5 Å². The summed E-state index contributed by atoms with van der Waals surface area (Å²) in [6, 6.07) is 8.60. The van der Waals surface area contributed by atoms with Gasteiger partial charge in [0.2, 0.25) is 0 Å². The Kier molecular flexibility index (Phi) is 6.71. The molecule has 134 valence electrons. The molecular weight excluding hydrogens is 318 g/mol. The molecule has 0 aliphatic carbocycles. The number of nitrogens with zero attached hydrogens (tertiary/aromatic N) is 2. The average Bonchev–Trinajstić information content (AvgIpc) is 2.64. The van der Waals surface area contributed by atoms with Crippen molar-refractivity contribution in [3.05, 3.63) is 36.0 Å². The minimum atomic E-state index is -0.281. The maximum Gasteiger partial charge on any atom is 0.318 e. The first-order valence-electron chi connectivity index (χ1n) is 8.47. The number of carbonyl (C=O) groups is 2. The van der Waals surface area contributed by atoms with E-state index in [2.05, 4.69) is 39.7 Å². The van der Waals surface area contributed by atoms with Crippen molar-refractivity contribution in [2.75, 3.05) is 38.5 Å². The van der Waals surface area contributed by atoms with Crippen LogP contribution in [0.1, 0.15) is 24.3 Å². The Morgan fingerprint density at radius 2 is 1.88 bits per heavy atom. The topological polar surface area (TPSA) is 86.4 Å². The van der Waals surface area contributed by atoms with Crippen molar-refractivity contribution < 1.29 is 9.59 Å². The number of benzene rings is 1. The molecule has 0 saturated carbocycles. The number of likely N-dealkylation sites (N-methyl/N-ethyl adjacent to an activating group) is 1. The number of anilines is 1. The van der Waals surface area contributed by atoms with Crippen LogP contribution in [0.4, 0.5) is 10.5 Å². The van der Waals surface area contributed by atoms with Gasteiger partial charge in [-0.05, 0) is 37.4 Å². The predicted molar refractivity (Wildman–Crippen MR) is 99.9 cm³/mol. The number of hydrogen-bond donors (Lipinski definition) is 3. The first-order valence-corrected chi connectivity index (χ1v) is 8.47. The van der Waals surface area contributed by atoms with Gasteiger partial charge in [0.05, 0.1) is 5.52 Å². The second-order valence-corrected chi connectivity index (χ2v) is 5.59. The number of nitrogens with one attached hydrogen (secondary N) is 3. The molecule has 1 aromatic carbocycles. The molecule has 0 radical (unpaired) electrons. The minimum Gasteiger partial charge on any atom is -0.349 e. The highest BCUT2D eigenvalue weighted by molar-refractivity contribution is 5.96. The summed E-state index contributed by atoms with van der Waals surface area (Å²) in [4.78, 5) is 30.2. The molecule has 2 rings (SSSR count). The first kappa shape index (κ1) is 18.7. The molecule has 3 amide bonds. The van der Waals surface area contributed by atoms with Crippen molar-refractivity contribution in [3.63, 3.8) is 0 Å². The summed E-state index contributed by atoms with van der Waals surface area (Å²) in [6.45, 7) is 7.54. The van der Waals surface area contributed by atoms with E-state index in [0.29, 0.717) is 23.4 Å². The third-order valence-electron chi connectivity index (χ3n) is 4.01. The van der Waals surface area contributed by atoms with Crippen LogP contribution in [0.3, 0.4) is 0 Å². The lowest BCUT2D eigenvalue weighted by molar-refractivity contribution is 0.0944. The molecule has 7 heteroatoms. The Labute approximate surface area is 147 Å². The van der Waals surface area contributed by atoms with Crippen molar-refractivity contribution in [2.24, 2.45) is 0 Å². The van der Waals surface area contributed by atoms with Gasteiger partial charge < -0.3 is 20.9 Å². The summed E-state index contributed by atoms with van der Waals surface area (Å²) in [5, 5.41) is 8.96. The quantitative estimate of drug-likeness (QED) is 0.718. The number of aromatic nitrogens is 1. The van der Waals surface area contributed by atoms with Gasteiger partial charge in [-0.15, -0.1) is 0 Å². The molecule has 0 fully saturated rings. The molecule has 0 spiro atoms. The fourth-order valence-corrected chi connectivity index (χ4v) is 2.48. The maximum absolute atomic E-state index is 12.2. The van der Waals surface area contributed by atoms with Crippen LogP contribution in [-0.2, 0) is 0 Å². The number of hydrogen-bond acceptors (Lipinski definition) is 4. The van der Waals surface area contributed by atoms with E-state index in [-0.39, 0.29) is 11.9 Å². The Balaban J connectivity index is 2.03. The van der Waals surface area contributed by atoms with Crippen molar-refractivity contribution in [2.45, 2.75) is 13.8 Å². The number of carbonyl (C=O) groups excluding carboxylic acids is 2. The van der Waals surface area contributed by atoms with E-state index < -0.39 is 0 Å². The molecule has 0 atom stereocenters. The Morgan fingerprint density at radius 1 is 1.12 bits per heavy atom. The van der Waals surface area contributed by atoms with Crippen LogP contribution in [0.2, 0.25) is 0 Å². The number of urea groups is 1. The van der Waals surface area contributed by atoms with Crippen molar-refractivity contribution in [1.29, 1.82) is 0 Å². The van der Waals surface area contributed by atoms with E-state index in [1.54, 1.807) is 25.2 Å². The van der Waals surface area contributed by atoms with Gasteiger partial charge in [0, 0.05) is 31.2 Å². The van der Waals surface area contributed by atoms with Crippen LogP contribution >= 0.6 is 0 Å². The van der Waals surface area contributed by atoms with Gasteiger partial charge in [-0.25, -0.2) is 9.78 Å². The molecule has 0 unspecified atom stereocenters. The van der Waals surface area contributed by atoms with Gasteiger partial charge in [0.25, 0.3) is 5.91 Å². The van der Waals surface area contributed by atoms with Gasteiger partial charge >= 0.3 is 6.03 Å². The highest BCUT2D eigenvalue weighted by Crippen LogP contribution is 2.18. The van der Waals surface area contributed by atoms with E-state index in [9.17, 15) is 9.59 Å². The standard InChI is InChI=1S/C18H25N5O2/c1-4-23(5-2)11-10-20-17(24)16-8-6-13-12-14(21-18(25)19-3)7-9-15(13)22-16/h6-9,12H,4-5,10-11H2,1-3H3,(H,20,24)(H2,19,21,25). The number of pyridine rings is 1. The Bertz CT molecular complexity index is 743. The van der Waals surface area contributed by atoms with E-state index in [0.717, 1.165) is 25.0 Å². The minimum absolute atomic E-state index is 0.179. The second kappa shape index (κ2) is 8.98. The highest BCUT2D eigenvalue weighted by atomic mass is 16.2. The lowest BCUT2D eigenvalue weighted by atomic mass is 10.1. The summed E-state index contributed by atoms with van der Waals surface area (Å²) in [7, 11) is 1.56. The van der Waals surface area contributed by atoms with Gasteiger partial charge in [-0.2, -0.15) is 0 Å². The zero-order valence-corrected chi connectivity index (χ0v) is 14.9. The zero-order chi connectivity index (χ0) is 18.2. The lowest BCUT2D eigenvalue weighted by Crippen LogP contribution is -2.35. The van der Waals surface area contributed by atoms with E-state index in [1.165, 1.54) is 0 Å². The van der Waals surface area contributed by atoms with Crippen LogP contribution in [0.25, 0.3) is 10.9 Å². The van der Waals surface area contributed by atoms with Gasteiger partial charge in [0.1, 0.15) is 5.69 Å². The third-order valence-corrected chi connectivity index (χ3v) is 4.01. The molecule has 1 heterocycles. The summed E-state index contributed by atoms with van der Waals surface area (Å²) in [5.74, 6) is -0.179. The van der Waals surface area contributed by atoms with Crippen LogP contribution in [-0.4, -0.2) is 55.0 Å². The summed E-state index contributed by atoms with van der Waals surface area (Å²) in [6.07, 6.45) is 0. The number of rotatable bonds is 7. The van der Waals surface area contributed by atoms with Gasteiger partial charge in [0.15, 0.2) is 0 Å². The third kappa shape index (κ3) is 5.15. The van der Waals surface area contributed by atoms with Crippen LogP contribution in [0, 0.1) is 0 Å². The molecule has 0 aliphatic rings. The smallest absolute Gasteiger partial charge is 0.318 e. The second-order valence-electron chi connectivity index (χ2n) is 5.59. The fraction of sp³-hybridized carbons (Fsp3) is 0.389. The Hall–Kier alpha value is -2.67. The van der Waals surface area contributed by atoms with Gasteiger partial charge in [-0.3, -0.25) is 4.79 Å². The van der Waals surface area contributed by atoms with Crippen LogP contribution in [0.15, 0.2) is 30.3 Å². The molecule has 25 heavy (non-hydrogen) atoms. The molecule has 7 nitrogen and oxygen atoms in total. The van der Waals surface area contributed by atoms with Crippen LogP contribution in [0.5, 0.6) is 0 Å². The van der Waals surface area contributed by atoms with Crippen molar-refractivity contribution in [3.8, 4) is 0 Å². The molecular formula is C18H25N5O2. The zero-order valence-electron chi connectivity index (χ0n) is 14.9. The van der Waals surface area contributed by atoms with Crippen LogP contribution < -0.4 is 16.0 Å². The lowest BCUT2D eigenvalue weighted by Gasteiger charge is -2.17. The number of amides is 3. The first-order chi connectivity index (χ1) is 12.1. The SMILES string of the molecule is CCN(CC)CCNC(=O)c1ccc2cc(NC(=O)NC)ccc2n1. The normalized spacial score (nSPS) is 10.7.